The van der Waals surface area contributed by atoms with Crippen LogP contribution >= 0.6 is 11.6 Å². The highest BCUT2D eigenvalue weighted by Crippen LogP contribution is 2.23. The molecule has 3 aromatic rings. The van der Waals surface area contributed by atoms with Gasteiger partial charge < -0.3 is 4.90 Å². The lowest BCUT2D eigenvalue weighted by atomic mass is 10.1. The molecule has 0 fully saturated rings. The number of carbonyl (C=O) groups is 1. The number of rotatable bonds is 7. The minimum atomic E-state index is -3.92. The van der Waals surface area contributed by atoms with Crippen LogP contribution in [0.3, 0.4) is 0 Å². The van der Waals surface area contributed by atoms with E-state index in [1.807, 2.05) is 63.2 Å². The zero-order valence-corrected chi connectivity index (χ0v) is 20.2. The Morgan fingerprint density at radius 2 is 1.50 bits per heavy atom. The molecule has 3 rings (SSSR count). The van der Waals surface area contributed by atoms with E-state index in [9.17, 15) is 13.2 Å². The van der Waals surface area contributed by atoms with Crippen LogP contribution in [-0.2, 0) is 21.4 Å². The number of hydrogen-bond acceptors (Lipinski definition) is 3. The van der Waals surface area contributed by atoms with Gasteiger partial charge in [-0.15, -0.1) is 0 Å². The van der Waals surface area contributed by atoms with Crippen LogP contribution in [0, 0.1) is 20.8 Å². The Morgan fingerprint density at radius 3 is 2.09 bits per heavy atom. The number of carbonyl (C=O) groups excluding carboxylic acids is 1. The van der Waals surface area contributed by atoms with Gasteiger partial charge in [-0.1, -0.05) is 47.5 Å². The van der Waals surface area contributed by atoms with Gasteiger partial charge in [0, 0.05) is 24.3 Å². The third kappa shape index (κ3) is 5.57. The molecule has 0 saturated carbocycles. The van der Waals surface area contributed by atoms with E-state index in [0.29, 0.717) is 5.02 Å². The first-order valence-electron chi connectivity index (χ1n) is 10.2. The molecule has 0 saturated heterocycles. The number of sulfonamides is 1. The Hall–Kier alpha value is -2.67. The number of likely N-dealkylation sites (N-methyl/N-ethyl adjacent to an activating group) is 1. The maximum Gasteiger partial charge on any atom is 0.243 e. The van der Waals surface area contributed by atoms with Crippen molar-refractivity contribution in [3.05, 3.63) is 94.0 Å². The zero-order valence-electron chi connectivity index (χ0n) is 18.7. The largest absolute Gasteiger partial charge is 0.314 e. The molecule has 0 radical (unpaired) electrons. The predicted molar refractivity (Wildman–Crippen MR) is 130 cm³/mol. The minimum absolute atomic E-state index is 0.0811. The second-order valence-electron chi connectivity index (χ2n) is 7.93. The third-order valence-corrected chi connectivity index (χ3v) is 7.55. The van der Waals surface area contributed by atoms with Crippen molar-refractivity contribution in [1.82, 2.24) is 4.31 Å². The second-order valence-corrected chi connectivity index (χ2v) is 10.3. The van der Waals surface area contributed by atoms with Gasteiger partial charge in [-0.05, 0) is 73.9 Å². The Balaban J connectivity index is 1.92. The third-order valence-electron chi connectivity index (χ3n) is 5.49. The molecule has 0 N–H and O–H groups in total. The van der Waals surface area contributed by atoms with Crippen LogP contribution in [-0.4, -0.2) is 32.2 Å². The summed E-state index contributed by atoms with van der Waals surface area (Å²) in [5, 5.41) is 0.444. The predicted octanol–water partition coefficient (Wildman–Crippen LogP) is 5.12. The quantitative estimate of drug-likeness (QED) is 0.481. The van der Waals surface area contributed by atoms with Crippen molar-refractivity contribution < 1.29 is 13.2 Å². The first-order chi connectivity index (χ1) is 15.1. The summed E-state index contributed by atoms with van der Waals surface area (Å²) in [6, 6.07) is 19.3. The normalized spacial score (nSPS) is 11.6. The molecule has 1 amide bonds. The molecular weight excluding hydrogens is 444 g/mol. The van der Waals surface area contributed by atoms with Crippen molar-refractivity contribution in [1.29, 1.82) is 0 Å². The van der Waals surface area contributed by atoms with Crippen molar-refractivity contribution in [2.75, 3.05) is 18.5 Å². The maximum absolute atomic E-state index is 13.4. The summed E-state index contributed by atoms with van der Waals surface area (Å²) >= 11 is 5.93. The van der Waals surface area contributed by atoms with Gasteiger partial charge in [0.05, 0.1) is 11.4 Å². The van der Waals surface area contributed by atoms with Crippen LogP contribution in [0.15, 0.2) is 71.6 Å². The van der Waals surface area contributed by atoms with Crippen molar-refractivity contribution >= 4 is 33.2 Å². The molecule has 5 nitrogen and oxygen atoms in total. The van der Waals surface area contributed by atoms with Gasteiger partial charge in [0.2, 0.25) is 15.9 Å². The number of halogens is 1. The molecule has 32 heavy (non-hydrogen) atoms. The molecule has 3 aromatic carbocycles. The molecule has 0 atom stereocenters. The molecule has 7 heteroatoms. The van der Waals surface area contributed by atoms with Crippen LogP contribution in [0.25, 0.3) is 0 Å². The average molecular weight is 471 g/mol. The van der Waals surface area contributed by atoms with Crippen LogP contribution in [0.4, 0.5) is 5.69 Å². The molecule has 0 aromatic heterocycles. The summed E-state index contributed by atoms with van der Waals surface area (Å²) < 4.78 is 28.0. The highest BCUT2D eigenvalue weighted by Gasteiger charge is 2.28. The number of benzene rings is 3. The van der Waals surface area contributed by atoms with E-state index in [1.165, 1.54) is 33.5 Å². The van der Waals surface area contributed by atoms with Crippen LogP contribution in [0.2, 0.25) is 5.02 Å². The Kier molecular flexibility index (Phi) is 7.39. The molecule has 0 aliphatic rings. The van der Waals surface area contributed by atoms with Crippen LogP contribution in [0.1, 0.15) is 22.3 Å². The van der Waals surface area contributed by atoms with Gasteiger partial charge in [0.25, 0.3) is 0 Å². The number of aryl methyl sites for hydroxylation is 3. The van der Waals surface area contributed by atoms with E-state index in [0.717, 1.165) is 27.9 Å². The topological polar surface area (TPSA) is 57.7 Å². The van der Waals surface area contributed by atoms with E-state index in [1.54, 1.807) is 7.05 Å². The Bertz CT molecular complexity index is 1210. The lowest BCUT2D eigenvalue weighted by Crippen LogP contribution is -2.41. The highest BCUT2D eigenvalue weighted by molar-refractivity contribution is 7.89. The molecule has 0 spiro atoms. The van der Waals surface area contributed by atoms with Gasteiger partial charge in [-0.3, -0.25) is 4.79 Å². The minimum Gasteiger partial charge on any atom is -0.314 e. The van der Waals surface area contributed by atoms with Crippen molar-refractivity contribution in [3.8, 4) is 0 Å². The summed E-state index contributed by atoms with van der Waals surface area (Å²) in [5.41, 5.74) is 4.78. The lowest BCUT2D eigenvalue weighted by Gasteiger charge is -2.25. The summed E-state index contributed by atoms with van der Waals surface area (Å²) in [6.45, 7) is 5.74. The number of amides is 1. The van der Waals surface area contributed by atoms with E-state index < -0.39 is 10.0 Å². The number of anilines is 1. The summed E-state index contributed by atoms with van der Waals surface area (Å²) in [7, 11) is -2.27. The highest BCUT2D eigenvalue weighted by atomic mass is 35.5. The maximum atomic E-state index is 13.4. The number of nitrogens with zero attached hydrogens (tertiary/aromatic N) is 2. The fourth-order valence-corrected chi connectivity index (χ4v) is 4.72. The molecule has 0 aliphatic heterocycles. The summed E-state index contributed by atoms with van der Waals surface area (Å²) in [5.74, 6) is -0.321. The SMILES string of the molecule is Cc1ccc(CN(CC(=O)N(C)c2ccc(C)c(C)c2)S(=O)(=O)c2ccc(Cl)cc2)cc1. The summed E-state index contributed by atoms with van der Waals surface area (Å²) in [6.07, 6.45) is 0. The fraction of sp³-hybridized carbons (Fsp3) is 0.240. The van der Waals surface area contributed by atoms with Gasteiger partial charge in [-0.2, -0.15) is 4.31 Å². The van der Waals surface area contributed by atoms with Crippen molar-refractivity contribution in [2.45, 2.75) is 32.2 Å². The van der Waals surface area contributed by atoms with Gasteiger partial charge in [-0.25, -0.2) is 8.42 Å². The average Bonchev–Trinajstić information content (AvgIpc) is 2.76. The molecule has 0 heterocycles. The van der Waals surface area contributed by atoms with Crippen molar-refractivity contribution in [2.24, 2.45) is 0 Å². The molecule has 0 unspecified atom stereocenters. The lowest BCUT2D eigenvalue weighted by molar-refractivity contribution is -0.118. The zero-order chi connectivity index (χ0) is 23.5. The van der Waals surface area contributed by atoms with Crippen LogP contribution < -0.4 is 4.90 Å². The first kappa shape index (κ1) is 24.0. The smallest absolute Gasteiger partial charge is 0.243 e. The van der Waals surface area contributed by atoms with Crippen LogP contribution in [0.5, 0.6) is 0 Å². The number of hydrogen-bond donors (Lipinski definition) is 0. The standard InChI is InChI=1S/C25H27ClN2O3S/c1-18-5-8-21(9-6-18)16-28(32(30,31)24-13-10-22(26)11-14-24)17-25(29)27(4)23-12-7-19(2)20(3)15-23/h5-15H,16-17H2,1-4H3. The fourth-order valence-electron chi connectivity index (χ4n) is 3.21. The second kappa shape index (κ2) is 9.86. The summed E-state index contributed by atoms with van der Waals surface area (Å²) in [4.78, 5) is 14.7. The van der Waals surface area contributed by atoms with Gasteiger partial charge >= 0.3 is 0 Å². The molecule has 0 bridgehead atoms. The van der Waals surface area contributed by atoms with Crippen molar-refractivity contribution in [3.63, 3.8) is 0 Å². The van der Waals surface area contributed by atoms with Gasteiger partial charge in [0.1, 0.15) is 0 Å². The van der Waals surface area contributed by atoms with E-state index >= 15 is 0 Å². The molecular formula is C25H27ClN2O3S. The van der Waals surface area contributed by atoms with E-state index in [4.69, 9.17) is 11.6 Å². The van der Waals surface area contributed by atoms with E-state index in [-0.39, 0.29) is 23.9 Å². The molecule has 168 valence electrons. The first-order valence-corrected chi connectivity index (χ1v) is 12.0. The van der Waals surface area contributed by atoms with E-state index in [2.05, 4.69) is 0 Å². The Labute approximate surface area is 195 Å². The monoisotopic (exact) mass is 470 g/mol. The van der Waals surface area contributed by atoms with Gasteiger partial charge in [0.15, 0.2) is 0 Å². The Morgan fingerprint density at radius 1 is 0.875 bits per heavy atom. The molecule has 0 aliphatic carbocycles.